The van der Waals surface area contributed by atoms with Crippen LogP contribution in [-0.2, 0) is 7.05 Å². The van der Waals surface area contributed by atoms with Gasteiger partial charge in [0.15, 0.2) is 5.69 Å². The van der Waals surface area contributed by atoms with Gasteiger partial charge in [-0.3, -0.25) is 4.79 Å². The number of carbonyl (C=O) groups is 1. The summed E-state index contributed by atoms with van der Waals surface area (Å²) in [4.78, 5) is 21.9. The van der Waals surface area contributed by atoms with E-state index in [0.717, 1.165) is 5.33 Å². The summed E-state index contributed by atoms with van der Waals surface area (Å²) >= 11 is 3.31. The lowest BCUT2D eigenvalue weighted by molar-refractivity contribution is -0.391. The lowest BCUT2D eigenvalue weighted by Crippen LogP contribution is -2.30. The number of hydrogen-bond donors (Lipinski definition) is 1. The molecule has 0 saturated carbocycles. The highest BCUT2D eigenvalue weighted by Gasteiger charge is 2.20. The molecular weight excluding hydrogens is 290 g/mol. The number of amides is 1. The zero-order valence-electron chi connectivity index (χ0n) is 9.64. The van der Waals surface area contributed by atoms with Crippen molar-refractivity contribution in [3.05, 3.63) is 27.9 Å². The number of aromatic nitrogens is 1. The summed E-state index contributed by atoms with van der Waals surface area (Å²) < 4.78 is 1.27. The van der Waals surface area contributed by atoms with E-state index in [9.17, 15) is 14.9 Å². The van der Waals surface area contributed by atoms with Gasteiger partial charge in [0.1, 0.15) is 0 Å². The van der Waals surface area contributed by atoms with Crippen LogP contribution in [0.1, 0.15) is 17.4 Å². The second kappa shape index (κ2) is 5.81. The van der Waals surface area contributed by atoms with Crippen LogP contribution in [0.15, 0.2) is 12.1 Å². The maximum atomic E-state index is 11.8. The Kier molecular flexibility index (Phi) is 4.68. The largest absolute Gasteiger partial charge is 0.358 e. The summed E-state index contributed by atoms with van der Waals surface area (Å²) in [5.74, 6) is -0.0775. The predicted molar refractivity (Wildman–Crippen MR) is 67.4 cm³/mol. The number of halogens is 1. The Bertz CT molecular complexity index is 430. The van der Waals surface area contributed by atoms with E-state index < -0.39 is 4.92 Å². The quantitative estimate of drug-likeness (QED) is 0.511. The Morgan fingerprint density at radius 2 is 2.29 bits per heavy atom. The van der Waals surface area contributed by atoms with E-state index >= 15 is 0 Å². The Morgan fingerprint density at radius 1 is 1.65 bits per heavy atom. The van der Waals surface area contributed by atoms with Gasteiger partial charge >= 0.3 is 5.82 Å². The molecule has 94 valence electrons. The molecule has 1 amide bonds. The van der Waals surface area contributed by atoms with Crippen molar-refractivity contribution in [3.8, 4) is 0 Å². The van der Waals surface area contributed by atoms with Crippen molar-refractivity contribution in [1.82, 2.24) is 9.88 Å². The van der Waals surface area contributed by atoms with E-state index in [1.165, 1.54) is 23.7 Å². The molecule has 1 atom stereocenters. The molecule has 0 aliphatic heterocycles. The van der Waals surface area contributed by atoms with Gasteiger partial charge in [0.2, 0.25) is 0 Å². The van der Waals surface area contributed by atoms with Gasteiger partial charge in [-0.2, -0.15) is 0 Å². The molecule has 0 aliphatic carbocycles. The van der Waals surface area contributed by atoms with Crippen molar-refractivity contribution >= 4 is 27.7 Å². The van der Waals surface area contributed by atoms with Crippen molar-refractivity contribution in [2.45, 2.75) is 6.92 Å². The summed E-state index contributed by atoms with van der Waals surface area (Å²) in [5.41, 5.74) is 0.290. The highest BCUT2D eigenvalue weighted by atomic mass is 79.9. The van der Waals surface area contributed by atoms with Crippen LogP contribution < -0.4 is 5.32 Å². The topological polar surface area (TPSA) is 77.2 Å². The fraction of sp³-hybridized carbons (Fsp3) is 0.500. The van der Waals surface area contributed by atoms with Crippen molar-refractivity contribution in [2.75, 3.05) is 11.9 Å². The van der Waals surface area contributed by atoms with Gasteiger partial charge in [-0.05, 0) is 16.9 Å². The molecule has 1 aromatic rings. The second-order valence-electron chi connectivity index (χ2n) is 3.86. The lowest BCUT2D eigenvalue weighted by Gasteiger charge is -2.08. The van der Waals surface area contributed by atoms with Crippen molar-refractivity contribution < 1.29 is 9.72 Å². The van der Waals surface area contributed by atoms with Gasteiger partial charge in [-0.15, -0.1) is 0 Å². The molecule has 0 bridgehead atoms. The zero-order valence-corrected chi connectivity index (χ0v) is 11.2. The highest BCUT2D eigenvalue weighted by molar-refractivity contribution is 9.09. The normalized spacial score (nSPS) is 12.2. The third-order valence-corrected chi connectivity index (χ3v) is 3.49. The summed E-state index contributed by atoms with van der Waals surface area (Å²) in [6.45, 7) is 2.52. The summed E-state index contributed by atoms with van der Waals surface area (Å²) in [7, 11) is 1.50. The molecule has 0 aromatic carbocycles. The second-order valence-corrected chi connectivity index (χ2v) is 4.51. The molecule has 0 fully saturated rings. The molecule has 17 heavy (non-hydrogen) atoms. The molecule has 1 heterocycles. The van der Waals surface area contributed by atoms with Gasteiger partial charge < -0.3 is 15.4 Å². The molecule has 1 unspecified atom stereocenters. The Hall–Kier alpha value is -1.37. The molecule has 6 nitrogen and oxygen atoms in total. The van der Waals surface area contributed by atoms with Crippen molar-refractivity contribution in [1.29, 1.82) is 0 Å². The Balaban J connectivity index is 2.73. The number of carbonyl (C=O) groups excluding carboxylic acids is 1. The minimum Gasteiger partial charge on any atom is -0.358 e. The number of rotatable bonds is 5. The standard InChI is InChI=1S/C10H14BrN3O3/c1-7(5-11)6-12-10(15)8-3-4-9(13(8)2)14(16)17/h3-4,7H,5-6H2,1-2H3,(H,12,15). The monoisotopic (exact) mass is 303 g/mol. The average molecular weight is 304 g/mol. The first kappa shape index (κ1) is 13.7. The van der Waals surface area contributed by atoms with E-state index in [-0.39, 0.29) is 11.7 Å². The van der Waals surface area contributed by atoms with Crippen LogP contribution in [0.5, 0.6) is 0 Å². The summed E-state index contributed by atoms with van der Waals surface area (Å²) in [6, 6.07) is 2.77. The fourth-order valence-electron chi connectivity index (χ4n) is 1.32. The van der Waals surface area contributed by atoms with Gasteiger partial charge in [0, 0.05) is 17.9 Å². The van der Waals surface area contributed by atoms with Crippen LogP contribution >= 0.6 is 15.9 Å². The van der Waals surface area contributed by atoms with Crippen molar-refractivity contribution in [3.63, 3.8) is 0 Å². The number of hydrogen-bond acceptors (Lipinski definition) is 3. The molecular formula is C10H14BrN3O3. The van der Waals surface area contributed by atoms with Gasteiger partial charge in [-0.1, -0.05) is 22.9 Å². The highest BCUT2D eigenvalue weighted by Crippen LogP contribution is 2.14. The van der Waals surface area contributed by atoms with Gasteiger partial charge in [-0.25, -0.2) is 4.57 Å². The van der Waals surface area contributed by atoms with Crippen molar-refractivity contribution in [2.24, 2.45) is 13.0 Å². The lowest BCUT2D eigenvalue weighted by atomic mass is 10.2. The van der Waals surface area contributed by atoms with Crippen LogP contribution in [-0.4, -0.2) is 27.3 Å². The SMILES string of the molecule is CC(CBr)CNC(=O)c1ccc([N+](=O)[O-])n1C. The minimum absolute atomic E-state index is 0.0938. The summed E-state index contributed by atoms with van der Waals surface area (Å²) in [5, 5.41) is 14.1. The zero-order chi connectivity index (χ0) is 13.0. The molecule has 0 saturated heterocycles. The smallest absolute Gasteiger partial charge is 0.323 e. The Morgan fingerprint density at radius 3 is 2.76 bits per heavy atom. The molecule has 7 heteroatoms. The average Bonchev–Trinajstić information content (AvgIpc) is 2.67. The van der Waals surface area contributed by atoms with Crippen LogP contribution in [0.4, 0.5) is 5.82 Å². The third kappa shape index (κ3) is 3.29. The minimum atomic E-state index is -0.516. The first-order chi connectivity index (χ1) is 7.97. The number of nitro groups is 1. The fourth-order valence-corrected chi connectivity index (χ4v) is 1.55. The van der Waals surface area contributed by atoms with E-state index in [4.69, 9.17) is 0 Å². The van der Waals surface area contributed by atoms with E-state index in [0.29, 0.717) is 18.2 Å². The number of alkyl halides is 1. The Labute approximate surface area is 107 Å². The third-order valence-electron chi connectivity index (χ3n) is 2.39. The van der Waals surface area contributed by atoms with Gasteiger partial charge in [0.05, 0.1) is 7.05 Å². The molecule has 1 aromatic heterocycles. The molecule has 0 spiro atoms. The molecule has 1 rings (SSSR count). The maximum absolute atomic E-state index is 11.8. The van der Waals surface area contributed by atoms with Crippen LogP contribution in [0.25, 0.3) is 0 Å². The summed E-state index contributed by atoms with van der Waals surface area (Å²) in [6.07, 6.45) is 0. The first-order valence-electron chi connectivity index (χ1n) is 5.11. The van der Waals surface area contributed by atoms with Crippen LogP contribution in [0.3, 0.4) is 0 Å². The number of nitrogens with one attached hydrogen (secondary N) is 1. The number of nitrogens with zero attached hydrogens (tertiary/aromatic N) is 2. The van der Waals surface area contributed by atoms with Gasteiger partial charge in [0.25, 0.3) is 5.91 Å². The maximum Gasteiger partial charge on any atom is 0.323 e. The molecule has 1 N–H and O–H groups in total. The van der Waals surface area contributed by atoms with E-state index in [1.54, 1.807) is 0 Å². The molecule has 0 aliphatic rings. The molecule has 0 radical (unpaired) electrons. The predicted octanol–water partition coefficient (Wildman–Crippen LogP) is 1.69. The first-order valence-corrected chi connectivity index (χ1v) is 6.23. The van der Waals surface area contributed by atoms with E-state index in [1.807, 2.05) is 6.92 Å². The van der Waals surface area contributed by atoms with Crippen LogP contribution in [0, 0.1) is 16.0 Å². The van der Waals surface area contributed by atoms with E-state index in [2.05, 4.69) is 21.2 Å². The van der Waals surface area contributed by atoms with Crippen LogP contribution in [0.2, 0.25) is 0 Å².